The van der Waals surface area contributed by atoms with Crippen molar-refractivity contribution in [3.63, 3.8) is 0 Å². The van der Waals surface area contributed by atoms with E-state index in [1.165, 1.54) is 14.2 Å². The molecule has 0 aromatic heterocycles. The van der Waals surface area contributed by atoms with Crippen LogP contribution >= 0.6 is 0 Å². The Hall–Kier alpha value is -2.86. The van der Waals surface area contributed by atoms with Crippen LogP contribution in [-0.4, -0.2) is 39.6 Å². The van der Waals surface area contributed by atoms with Crippen LogP contribution in [0.1, 0.15) is 15.9 Å². The van der Waals surface area contributed by atoms with Gasteiger partial charge in [-0.1, -0.05) is 6.07 Å². The standard InChI is InChI=1S/C18H19NO5/c1-22-11-16(20)19-14-5-4-6-15(24-3)17(14)18(21)12-7-9-13(23-2)10-8-12/h4-10H,11H2,1-3H3,(H,19,20). The average molecular weight is 329 g/mol. The van der Waals surface area contributed by atoms with Crippen LogP contribution in [0.15, 0.2) is 42.5 Å². The van der Waals surface area contributed by atoms with Gasteiger partial charge >= 0.3 is 0 Å². The Labute approximate surface area is 140 Å². The maximum atomic E-state index is 12.9. The molecule has 0 atom stereocenters. The van der Waals surface area contributed by atoms with E-state index in [1.54, 1.807) is 49.6 Å². The molecule has 6 heteroatoms. The predicted molar refractivity (Wildman–Crippen MR) is 89.9 cm³/mol. The summed E-state index contributed by atoms with van der Waals surface area (Å²) in [6.07, 6.45) is 0. The third kappa shape index (κ3) is 3.91. The van der Waals surface area contributed by atoms with E-state index in [-0.39, 0.29) is 23.9 Å². The molecule has 1 amide bonds. The zero-order valence-electron chi connectivity index (χ0n) is 13.8. The Bertz CT molecular complexity index is 725. The first-order valence-corrected chi connectivity index (χ1v) is 7.25. The van der Waals surface area contributed by atoms with Crippen LogP contribution in [0.5, 0.6) is 11.5 Å². The molecule has 6 nitrogen and oxygen atoms in total. The lowest BCUT2D eigenvalue weighted by Crippen LogP contribution is -2.19. The van der Waals surface area contributed by atoms with Crippen molar-refractivity contribution in [2.75, 3.05) is 33.3 Å². The highest BCUT2D eigenvalue weighted by atomic mass is 16.5. The fraction of sp³-hybridized carbons (Fsp3) is 0.222. The minimum atomic E-state index is -0.352. The van der Waals surface area contributed by atoms with Crippen molar-refractivity contribution in [1.29, 1.82) is 0 Å². The zero-order chi connectivity index (χ0) is 17.5. The molecular formula is C18H19NO5. The van der Waals surface area contributed by atoms with Crippen molar-refractivity contribution in [3.05, 3.63) is 53.6 Å². The molecule has 1 N–H and O–H groups in total. The highest BCUT2D eigenvalue weighted by Gasteiger charge is 2.20. The van der Waals surface area contributed by atoms with Gasteiger partial charge in [0, 0.05) is 12.7 Å². The minimum Gasteiger partial charge on any atom is -0.497 e. The molecular weight excluding hydrogens is 310 g/mol. The number of carbonyl (C=O) groups excluding carboxylic acids is 2. The Kier molecular flexibility index (Phi) is 5.92. The normalized spacial score (nSPS) is 10.1. The lowest BCUT2D eigenvalue weighted by Gasteiger charge is -2.14. The van der Waals surface area contributed by atoms with Crippen molar-refractivity contribution in [2.45, 2.75) is 0 Å². The third-order valence-electron chi connectivity index (χ3n) is 3.37. The molecule has 0 aliphatic carbocycles. The SMILES string of the molecule is COCC(=O)Nc1cccc(OC)c1C(=O)c1ccc(OC)cc1. The number of ether oxygens (including phenoxy) is 3. The summed E-state index contributed by atoms with van der Waals surface area (Å²) in [5.74, 6) is 0.420. The number of hydrogen-bond donors (Lipinski definition) is 1. The van der Waals surface area contributed by atoms with Crippen molar-refractivity contribution < 1.29 is 23.8 Å². The van der Waals surface area contributed by atoms with Gasteiger partial charge in [0.25, 0.3) is 0 Å². The van der Waals surface area contributed by atoms with Crippen molar-refractivity contribution >= 4 is 17.4 Å². The molecule has 0 aliphatic rings. The van der Waals surface area contributed by atoms with Crippen molar-refractivity contribution in [2.24, 2.45) is 0 Å². The van der Waals surface area contributed by atoms with E-state index in [4.69, 9.17) is 14.2 Å². The molecule has 0 aliphatic heterocycles. The van der Waals surface area contributed by atoms with Gasteiger partial charge in [0.1, 0.15) is 18.1 Å². The van der Waals surface area contributed by atoms with Crippen LogP contribution in [0, 0.1) is 0 Å². The first kappa shape index (κ1) is 17.5. The first-order chi connectivity index (χ1) is 11.6. The van der Waals surface area contributed by atoms with Gasteiger partial charge in [-0.3, -0.25) is 9.59 Å². The van der Waals surface area contributed by atoms with E-state index in [1.807, 2.05) is 0 Å². The molecule has 0 spiro atoms. The van der Waals surface area contributed by atoms with Gasteiger partial charge in [0.05, 0.1) is 25.5 Å². The van der Waals surface area contributed by atoms with Gasteiger partial charge in [-0.25, -0.2) is 0 Å². The van der Waals surface area contributed by atoms with Gasteiger partial charge in [-0.05, 0) is 36.4 Å². The van der Waals surface area contributed by atoms with E-state index >= 15 is 0 Å². The van der Waals surface area contributed by atoms with Gasteiger partial charge < -0.3 is 19.5 Å². The third-order valence-corrected chi connectivity index (χ3v) is 3.37. The van der Waals surface area contributed by atoms with E-state index in [9.17, 15) is 9.59 Å². The quantitative estimate of drug-likeness (QED) is 0.790. The summed E-state index contributed by atoms with van der Waals surface area (Å²) in [5, 5.41) is 2.67. The summed E-state index contributed by atoms with van der Waals surface area (Å²) < 4.78 is 15.2. The summed E-state index contributed by atoms with van der Waals surface area (Å²) in [7, 11) is 4.45. The fourth-order valence-corrected chi connectivity index (χ4v) is 2.24. The molecule has 0 unspecified atom stereocenters. The molecule has 0 saturated heterocycles. The number of hydrogen-bond acceptors (Lipinski definition) is 5. The second-order valence-corrected chi connectivity index (χ2v) is 4.92. The van der Waals surface area contributed by atoms with Crippen LogP contribution in [0.3, 0.4) is 0 Å². The summed E-state index contributed by atoms with van der Waals surface area (Å²) in [4.78, 5) is 24.7. The molecule has 2 aromatic carbocycles. The number of nitrogens with one attached hydrogen (secondary N) is 1. The largest absolute Gasteiger partial charge is 0.497 e. The van der Waals surface area contributed by atoms with Crippen LogP contribution in [0.2, 0.25) is 0 Å². The first-order valence-electron chi connectivity index (χ1n) is 7.25. The molecule has 0 heterocycles. The van der Waals surface area contributed by atoms with E-state index in [0.29, 0.717) is 22.7 Å². The Morgan fingerprint density at radius 3 is 2.25 bits per heavy atom. The van der Waals surface area contributed by atoms with Crippen LogP contribution in [0.4, 0.5) is 5.69 Å². The fourth-order valence-electron chi connectivity index (χ4n) is 2.24. The van der Waals surface area contributed by atoms with E-state index < -0.39 is 0 Å². The van der Waals surface area contributed by atoms with Gasteiger partial charge in [0.2, 0.25) is 5.91 Å². The molecule has 126 valence electrons. The van der Waals surface area contributed by atoms with E-state index in [2.05, 4.69) is 5.32 Å². The summed E-state index contributed by atoms with van der Waals surface area (Å²) in [5.41, 5.74) is 1.12. The minimum absolute atomic E-state index is 0.104. The number of rotatable bonds is 7. The number of benzene rings is 2. The second-order valence-electron chi connectivity index (χ2n) is 4.92. The number of methoxy groups -OCH3 is 3. The predicted octanol–water partition coefficient (Wildman–Crippen LogP) is 2.52. The van der Waals surface area contributed by atoms with Gasteiger partial charge in [-0.15, -0.1) is 0 Å². The highest BCUT2D eigenvalue weighted by Crippen LogP contribution is 2.29. The van der Waals surface area contributed by atoms with Gasteiger partial charge in [0.15, 0.2) is 5.78 Å². The zero-order valence-corrected chi connectivity index (χ0v) is 13.8. The van der Waals surface area contributed by atoms with E-state index in [0.717, 1.165) is 0 Å². The average Bonchev–Trinajstić information content (AvgIpc) is 2.61. The molecule has 0 saturated carbocycles. The second kappa shape index (κ2) is 8.12. The van der Waals surface area contributed by atoms with Gasteiger partial charge in [-0.2, -0.15) is 0 Å². The number of carbonyl (C=O) groups is 2. The molecule has 2 rings (SSSR count). The van der Waals surface area contributed by atoms with Crippen molar-refractivity contribution in [3.8, 4) is 11.5 Å². The molecule has 0 bridgehead atoms. The maximum Gasteiger partial charge on any atom is 0.250 e. The summed E-state index contributed by atoms with van der Waals surface area (Å²) >= 11 is 0. The smallest absolute Gasteiger partial charge is 0.250 e. The maximum absolute atomic E-state index is 12.9. The monoisotopic (exact) mass is 329 g/mol. The lowest BCUT2D eigenvalue weighted by atomic mass is 10.00. The summed E-state index contributed by atoms with van der Waals surface area (Å²) in [6, 6.07) is 11.7. The highest BCUT2D eigenvalue weighted by molar-refractivity contribution is 6.15. The molecule has 0 radical (unpaired) electrons. The summed E-state index contributed by atoms with van der Waals surface area (Å²) in [6.45, 7) is -0.104. The molecule has 2 aromatic rings. The van der Waals surface area contributed by atoms with Crippen molar-refractivity contribution in [1.82, 2.24) is 0 Å². The Balaban J connectivity index is 2.41. The Morgan fingerprint density at radius 1 is 0.958 bits per heavy atom. The number of anilines is 1. The lowest BCUT2D eigenvalue weighted by molar-refractivity contribution is -0.119. The number of amides is 1. The van der Waals surface area contributed by atoms with Crippen LogP contribution < -0.4 is 14.8 Å². The topological polar surface area (TPSA) is 73.9 Å². The number of ketones is 1. The molecule has 24 heavy (non-hydrogen) atoms. The van der Waals surface area contributed by atoms with Crippen LogP contribution in [0.25, 0.3) is 0 Å². The van der Waals surface area contributed by atoms with Crippen LogP contribution in [-0.2, 0) is 9.53 Å². The Morgan fingerprint density at radius 2 is 1.67 bits per heavy atom. The molecule has 0 fully saturated rings.